The van der Waals surface area contributed by atoms with E-state index in [0.717, 1.165) is 72.3 Å². The first-order chi connectivity index (χ1) is 38.2. The largest absolute Gasteiger partial charge is 0.208 e. The summed E-state index contributed by atoms with van der Waals surface area (Å²) in [5.74, 6) is 3.73. The summed E-state index contributed by atoms with van der Waals surface area (Å²) in [6.07, 6.45) is 0. The molecule has 0 saturated carbocycles. The minimum absolute atomic E-state index is 0.613. The molecule has 7 heteroatoms. The Labute approximate surface area is 449 Å². The van der Waals surface area contributed by atoms with Gasteiger partial charge >= 0.3 is 0 Å². The average Bonchev–Trinajstić information content (AvgIpc) is 3.92. The summed E-state index contributed by atoms with van der Waals surface area (Å²) in [4.78, 5) is 30.8. The van der Waals surface area contributed by atoms with E-state index >= 15 is 0 Å². The topological polar surface area (TPSA) is 77.3 Å². The Hall–Kier alpha value is -10.1. The second-order valence-corrected chi connectivity index (χ2v) is 19.9. The first-order valence-corrected chi connectivity index (χ1v) is 26.5. The minimum Gasteiger partial charge on any atom is -0.208 e. The van der Waals surface area contributed by atoms with Crippen molar-refractivity contribution in [3.8, 4) is 113 Å². The number of aromatic nitrogens is 6. The molecule has 0 aliphatic carbocycles. The molecule has 3 heterocycles. The SMILES string of the molecule is c1ccc(-c2nc(-c3ccccc3)nc(-c3ccccc3-c3ccccc3-c3cccc4c3sc3c(-c5ccccc5-c5ccccc5-c5nc(-c6ccccc6)nc(-c6ccccc6)n5)cc5ccccc5c34)n2)cc1. The summed E-state index contributed by atoms with van der Waals surface area (Å²) in [5.41, 5.74) is 14.4. The van der Waals surface area contributed by atoms with Crippen LogP contribution in [0, 0.1) is 0 Å². The van der Waals surface area contributed by atoms with Crippen molar-refractivity contribution < 1.29 is 0 Å². The first kappa shape index (κ1) is 45.5. The zero-order valence-corrected chi connectivity index (χ0v) is 42.3. The van der Waals surface area contributed by atoms with E-state index in [9.17, 15) is 0 Å². The second-order valence-electron chi connectivity index (χ2n) is 18.9. The third-order valence-electron chi connectivity index (χ3n) is 14.2. The van der Waals surface area contributed by atoms with Gasteiger partial charge in [-0.05, 0) is 50.2 Å². The lowest BCUT2D eigenvalue weighted by molar-refractivity contribution is 1.07. The molecule has 3 aromatic heterocycles. The molecule has 0 radical (unpaired) electrons. The summed E-state index contributed by atoms with van der Waals surface area (Å²) in [6.45, 7) is 0. The maximum absolute atomic E-state index is 5.20. The van der Waals surface area contributed by atoms with Gasteiger partial charge in [0.15, 0.2) is 34.9 Å². The lowest BCUT2D eigenvalue weighted by Crippen LogP contribution is -2.01. The van der Waals surface area contributed by atoms with Gasteiger partial charge in [-0.15, -0.1) is 11.3 Å². The fraction of sp³-hybridized carbons (Fsp3) is 0. The molecule has 0 spiro atoms. The monoisotopic (exact) mass is 1000 g/mol. The zero-order chi connectivity index (χ0) is 51.1. The van der Waals surface area contributed by atoms with Crippen LogP contribution < -0.4 is 0 Å². The third kappa shape index (κ3) is 8.41. The van der Waals surface area contributed by atoms with Gasteiger partial charge in [0.05, 0.1) is 0 Å². The van der Waals surface area contributed by atoms with Gasteiger partial charge in [-0.2, -0.15) is 0 Å². The first-order valence-electron chi connectivity index (χ1n) is 25.7. The Morgan fingerprint density at radius 1 is 0.208 bits per heavy atom. The third-order valence-corrected chi connectivity index (χ3v) is 15.5. The van der Waals surface area contributed by atoms with E-state index in [1.54, 1.807) is 0 Å². The highest BCUT2D eigenvalue weighted by Crippen LogP contribution is 2.50. The molecule has 77 heavy (non-hydrogen) atoms. The summed E-state index contributed by atoms with van der Waals surface area (Å²) < 4.78 is 2.44. The van der Waals surface area contributed by atoms with E-state index < -0.39 is 0 Å². The highest BCUT2D eigenvalue weighted by molar-refractivity contribution is 7.27. The lowest BCUT2D eigenvalue weighted by atomic mass is 9.89. The Bertz CT molecular complexity index is 4390. The summed E-state index contributed by atoms with van der Waals surface area (Å²) in [7, 11) is 0. The van der Waals surface area contributed by atoms with E-state index in [4.69, 9.17) is 29.9 Å². The fourth-order valence-corrected chi connectivity index (χ4v) is 12.0. The van der Waals surface area contributed by atoms with Crippen molar-refractivity contribution in [1.29, 1.82) is 0 Å². The van der Waals surface area contributed by atoms with Crippen molar-refractivity contribution in [2.24, 2.45) is 0 Å². The summed E-state index contributed by atoms with van der Waals surface area (Å²) >= 11 is 1.86. The Kier molecular flexibility index (Phi) is 11.6. The maximum Gasteiger partial charge on any atom is 0.164 e. The highest BCUT2D eigenvalue weighted by atomic mass is 32.1. The number of thiophene rings is 1. The van der Waals surface area contributed by atoms with Crippen molar-refractivity contribution in [3.63, 3.8) is 0 Å². The molecule has 0 atom stereocenters. The van der Waals surface area contributed by atoms with Gasteiger partial charge in [0.1, 0.15) is 0 Å². The standard InChI is InChI=1S/C70H44N6S/c1-5-24-45(25-6-1)65-71-66(46-26-7-2-8-27-46)74-69(73-65)58-40-21-19-37-54(58)51-34-15-17-36-53(51)57-42-23-43-60-62-50-33-14-13-32-49(50)44-61(64(62)77-63(57)60)56-39-18-16-35-52(56)55-38-20-22-41-59(55)70-75-67(47-28-9-3-10-29-47)72-68(76-70)48-30-11-4-12-31-48/h1-44H. The molecular formula is C70H44N6S. The maximum atomic E-state index is 5.20. The predicted octanol–water partition coefficient (Wildman–Crippen LogP) is 18.2. The van der Waals surface area contributed by atoms with E-state index in [0.29, 0.717) is 34.9 Å². The van der Waals surface area contributed by atoms with Crippen molar-refractivity contribution >= 4 is 42.3 Å². The molecule has 14 rings (SSSR count). The molecule has 0 aliphatic rings. The number of rotatable bonds is 10. The Morgan fingerprint density at radius 2 is 0.506 bits per heavy atom. The highest BCUT2D eigenvalue weighted by Gasteiger charge is 2.24. The van der Waals surface area contributed by atoms with Crippen LogP contribution in [0.2, 0.25) is 0 Å². The molecule has 14 aromatic rings. The van der Waals surface area contributed by atoms with Gasteiger partial charge in [-0.1, -0.05) is 261 Å². The van der Waals surface area contributed by atoms with Crippen molar-refractivity contribution in [1.82, 2.24) is 29.9 Å². The summed E-state index contributed by atoms with van der Waals surface area (Å²) in [5, 5.41) is 4.85. The molecule has 0 aliphatic heterocycles. The van der Waals surface area contributed by atoms with E-state index in [2.05, 4.69) is 170 Å². The van der Waals surface area contributed by atoms with Gasteiger partial charge in [0.25, 0.3) is 0 Å². The van der Waals surface area contributed by atoms with Crippen LogP contribution in [0.1, 0.15) is 0 Å². The molecular weight excluding hydrogens is 957 g/mol. The van der Waals surface area contributed by atoms with Crippen LogP contribution >= 0.6 is 11.3 Å². The van der Waals surface area contributed by atoms with Crippen LogP contribution in [0.5, 0.6) is 0 Å². The molecule has 6 nitrogen and oxygen atoms in total. The molecule has 11 aromatic carbocycles. The average molecular weight is 1000 g/mol. The minimum atomic E-state index is 0.613. The van der Waals surface area contributed by atoms with Crippen molar-refractivity contribution in [2.45, 2.75) is 0 Å². The predicted molar refractivity (Wildman–Crippen MR) is 318 cm³/mol. The number of nitrogens with zero attached hydrogens (tertiary/aromatic N) is 6. The molecule has 0 bridgehead atoms. The van der Waals surface area contributed by atoms with Crippen LogP contribution in [0.25, 0.3) is 144 Å². The number of benzene rings is 11. The van der Waals surface area contributed by atoms with Gasteiger partial charge < -0.3 is 0 Å². The number of fused-ring (bicyclic) bond motifs is 5. The second kappa shape index (κ2) is 19.6. The molecule has 0 fully saturated rings. The zero-order valence-electron chi connectivity index (χ0n) is 41.5. The van der Waals surface area contributed by atoms with Crippen LogP contribution in [-0.4, -0.2) is 29.9 Å². The van der Waals surface area contributed by atoms with Gasteiger partial charge in [0, 0.05) is 64.7 Å². The van der Waals surface area contributed by atoms with Crippen molar-refractivity contribution in [3.05, 3.63) is 267 Å². The van der Waals surface area contributed by atoms with Crippen LogP contribution in [0.15, 0.2) is 267 Å². The van der Waals surface area contributed by atoms with Crippen LogP contribution in [0.3, 0.4) is 0 Å². The Morgan fingerprint density at radius 3 is 0.935 bits per heavy atom. The number of hydrogen-bond donors (Lipinski definition) is 0. The molecule has 0 amide bonds. The summed E-state index contributed by atoms with van der Waals surface area (Å²) in [6, 6.07) is 93.1. The van der Waals surface area contributed by atoms with Gasteiger partial charge in [0.2, 0.25) is 0 Å². The van der Waals surface area contributed by atoms with Gasteiger partial charge in [-0.3, -0.25) is 0 Å². The molecule has 0 N–H and O–H groups in total. The van der Waals surface area contributed by atoms with E-state index in [1.165, 1.54) is 36.5 Å². The fourth-order valence-electron chi connectivity index (χ4n) is 10.6. The normalized spacial score (nSPS) is 11.4. The molecule has 360 valence electrons. The number of hydrogen-bond acceptors (Lipinski definition) is 7. The van der Waals surface area contributed by atoms with Crippen LogP contribution in [0.4, 0.5) is 0 Å². The molecule has 0 saturated heterocycles. The van der Waals surface area contributed by atoms with Crippen molar-refractivity contribution in [2.75, 3.05) is 0 Å². The molecule has 0 unspecified atom stereocenters. The van der Waals surface area contributed by atoms with Gasteiger partial charge in [-0.25, -0.2) is 29.9 Å². The van der Waals surface area contributed by atoms with E-state index in [-0.39, 0.29) is 0 Å². The lowest BCUT2D eigenvalue weighted by Gasteiger charge is -2.16. The smallest absolute Gasteiger partial charge is 0.164 e. The van der Waals surface area contributed by atoms with E-state index in [1.807, 2.05) is 108 Å². The van der Waals surface area contributed by atoms with Crippen LogP contribution in [-0.2, 0) is 0 Å². The quantitative estimate of drug-likeness (QED) is 0.136. The Balaban J connectivity index is 0.946.